The topological polar surface area (TPSA) is 89.6 Å². The first kappa shape index (κ1) is 18.5. The summed E-state index contributed by atoms with van der Waals surface area (Å²) in [6.07, 6.45) is -9.85. The molecule has 0 unspecified atom stereocenters. The number of nitrogens with two attached hydrogens (primary N) is 1. The van der Waals surface area contributed by atoms with Gasteiger partial charge in [0, 0.05) is 5.56 Å². The number of aliphatic carboxylic acids is 1. The molecule has 0 radical (unpaired) electrons. The number of halogens is 6. The molecule has 21 heavy (non-hydrogen) atoms. The monoisotopic (exact) mass is 319 g/mol. The number of ether oxygens (including phenoxy) is 1. The Bertz CT molecular complexity index is 511. The third kappa shape index (κ3) is 8.34. The molecule has 0 bridgehead atoms. The maximum Gasteiger partial charge on any atom is 0.573 e. The van der Waals surface area contributed by atoms with Gasteiger partial charge in [-0.05, 0) is 18.2 Å². The van der Waals surface area contributed by atoms with E-state index in [0.29, 0.717) is 0 Å². The van der Waals surface area contributed by atoms with Crippen LogP contribution in [0.3, 0.4) is 0 Å². The third-order valence-electron chi connectivity index (χ3n) is 1.59. The number of carbonyl (C=O) groups is 2. The van der Waals surface area contributed by atoms with Gasteiger partial charge >= 0.3 is 18.5 Å². The molecule has 0 saturated heterocycles. The molecule has 1 aromatic rings. The smallest absolute Gasteiger partial charge is 0.475 e. The molecule has 11 heteroatoms. The Balaban J connectivity index is 0.000000486. The van der Waals surface area contributed by atoms with Gasteiger partial charge in [0.1, 0.15) is 5.75 Å². The number of hydrogen-bond donors (Lipinski definition) is 2. The number of carboxylic acids is 1. The summed E-state index contributed by atoms with van der Waals surface area (Å²) in [4.78, 5) is 19.5. The van der Waals surface area contributed by atoms with Gasteiger partial charge in [-0.15, -0.1) is 13.2 Å². The molecule has 1 amide bonds. The summed E-state index contributed by atoms with van der Waals surface area (Å²) in [6.45, 7) is 0. The van der Waals surface area contributed by atoms with E-state index in [1.165, 1.54) is 12.1 Å². The van der Waals surface area contributed by atoms with Crippen molar-refractivity contribution in [2.24, 2.45) is 5.73 Å². The minimum Gasteiger partial charge on any atom is -0.475 e. The summed E-state index contributed by atoms with van der Waals surface area (Å²) in [7, 11) is 0. The first-order valence-corrected chi connectivity index (χ1v) is 4.78. The van der Waals surface area contributed by atoms with Gasteiger partial charge in [0.15, 0.2) is 0 Å². The van der Waals surface area contributed by atoms with Crippen LogP contribution in [0.25, 0.3) is 0 Å². The number of primary amides is 1. The molecule has 1 aromatic carbocycles. The van der Waals surface area contributed by atoms with Crippen molar-refractivity contribution in [2.75, 3.05) is 0 Å². The summed E-state index contributed by atoms with van der Waals surface area (Å²) in [5.41, 5.74) is 4.84. The fourth-order valence-electron chi connectivity index (χ4n) is 0.846. The number of carbonyl (C=O) groups excluding carboxylic acids is 1. The van der Waals surface area contributed by atoms with Crippen molar-refractivity contribution < 1.29 is 45.8 Å². The van der Waals surface area contributed by atoms with Crippen molar-refractivity contribution in [3.8, 4) is 5.75 Å². The zero-order chi connectivity index (χ0) is 16.8. The largest absolute Gasteiger partial charge is 0.573 e. The summed E-state index contributed by atoms with van der Waals surface area (Å²) in [5, 5.41) is 7.12. The number of carboxylic acid groups (broad SMARTS) is 1. The maximum absolute atomic E-state index is 11.7. The summed E-state index contributed by atoms with van der Waals surface area (Å²) in [5.74, 6) is -4.03. The van der Waals surface area contributed by atoms with Crippen LogP contribution in [0.5, 0.6) is 5.75 Å². The van der Waals surface area contributed by atoms with Gasteiger partial charge in [0.25, 0.3) is 0 Å². The zero-order valence-electron chi connectivity index (χ0n) is 9.83. The van der Waals surface area contributed by atoms with Gasteiger partial charge in [-0.25, -0.2) is 4.79 Å². The molecular formula is C10H7F6NO4. The molecule has 0 aliphatic carbocycles. The van der Waals surface area contributed by atoms with Gasteiger partial charge < -0.3 is 15.6 Å². The Morgan fingerprint density at radius 1 is 1.10 bits per heavy atom. The number of alkyl halides is 6. The number of amides is 1. The zero-order valence-corrected chi connectivity index (χ0v) is 9.83. The van der Waals surface area contributed by atoms with Crippen LogP contribution in [0.4, 0.5) is 26.3 Å². The van der Waals surface area contributed by atoms with E-state index < -0.39 is 30.2 Å². The molecule has 0 fully saturated rings. The van der Waals surface area contributed by atoms with Crippen molar-refractivity contribution in [1.82, 2.24) is 0 Å². The second-order valence-electron chi connectivity index (χ2n) is 3.24. The lowest BCUT2D eigenvalue weighted by Crippen LogP contribution is -2.21. The Labute approximate surface area is 112 Å². The lowest BCUT2D eigenvalue weighted by Gasteiger charge is -2.08. The Morgan fingerprint density at radius 2 is 1.57 bits per heavy atom. The predicted octanol–water partition coefficient (Wildman–Crippen LogP) is 2.32. The Kier molecular flexibility index (Phi) is 6.01. The first-order chi connectivity index (χ1) is 9.33. The molecule has 3 N–H and O–H groups in total. The van der Waals surface area contributed by atoms with Crippen molar-refractivity contribution in [3.05, 3.63) is 29.8 Å². The van der Waals surface area contributed by atoms with Crippen LogP contribution in [0.15, 0.2) is 24.3 Å². The van der Waals surface area contributed by atoms with E-state index in [4.69, 9.17) is 15.6 Å². The highest BCUT2D eigenvalue weighted by Crippen LogP contribution is 2.23. The quantitative estimate of drug-likeness (QED) is 0.819. The SMILES string of the molecule is NC(=O)c1cccc(OC(F)(F)F)c1.O=C(O)C(F)(F)F. The molecule has 0 heterocycles. The summed E-state index contributed by atoms with van der Waals surface area (Å²) >= 11 is 0. The van der Waals surface area contributed by atoms with Gasteiger partial charge in [-0.3, -0.25) is 4.79 Å². The van der Waals surface area contributed by atoms with Crippen molar-refractivity contribution in [1.29, 1.82) is 0 Å². The molecule has 0 saturated carbocycles. The average Bonchev–Trinajstić information content (AvgIpc) is 2.26. The van der Waals surface area contributed by atoms with Crippen molar-refractivity contribution >= 4 is 11.9 Å². The summed E-state index contributed by atoms with van der Waals surface area (Å²) in [6, 6.07) is 4.56. The lowest BCUT2D eigenvalue weighted by molar-refractivity contribution is -0.274. The fraction of sp³-hybridized carbons (Fsp3) is 0.200. The number of benzene rings is 1. The molecular weight excluding hydrogens is 312 g/mol. The van der Waals surface area contributed by atoms with Crippen LogP contribution in [0, 0.1) is 0 Å². The van der Waals surface area contributed by atoms with Gasteiger partial charge in [-0.1, -0.05) is 6.07 Å². The third-order valence-corrected chi connectivity index (χ3v) is 1.59. The van der Waals surface area contributed by atoms with Crippen LogP contribution < -0.4 is 10.5 Å². The molecule has 0 aliphatic rings. The molecule has 5 nitrogen and oxygen atoms in total. The second kappa shape index (κ2) is 6.81. The molecule has 118 valence electrons. The van der Waals surface area contributed by atoms with E-state index in [0.717, 1.165) is 12.1 Å². The Hall–Kier alpha value is -2.46. The van der Waals surface area contributed by atoms with E-state index in [1.807, 2.05) is 0 Å². The van der Waals surface area contributed by atoms with Crippen LogP contribution in [0.2, 0.25) is 0 Å². The Morgan fingerprint density at radius 3 is 1.90 bits per heavy atom. The molecule has 0 spiro atoms. The molecule has 0 aromatic heterocycles. The average molecular weight is 319 g/mol. The van der Waals surface area contributed by atoms with Gasteiger partial charge in [0.2, 0.25) is 5.91 Å². The molecule has 0 aliphatic heterocycles. The van der Waals surface area contributed by atoms with Crippen LogP contribution in [-0.2, 0) is 4.79 Å². The molecule has 0 atom stereocenters. The number of hydrogen-bond acceptors (Lipinski definition) is 3. The summed E-state index contributed by atoms with van der Waals surface area (Å²) < 4.78 is 70.5. The van der Waals surface area contributed by atoms with E-state index >= 15 is 0 Å². The lowest BCUT2D eigenvalue weighted by atomic mass is 10.2. The van der Waals surface area contributed by atoms with E-state index in [-0.39, 0.29) is 5.56 Å². The van der Waals surface area contributed by atoms with Gasteiger partial charge in [-0.2, -0.15) is 13.2 Å². The van der Waals surface area contributed by atoms with Crippen LogP contribution >= 0.6 is 0 Å². The maximum atomic E-state index is 11.7. The van der Waals surface area contributed by atoms with E-state index in [9.17, 15) is 31.1 Å². The van der Waals surface area contributed by atoms with Crippen LogP contribution in [0.1, 0.15) is 10.4 Å². The highest BCUT2D eigenvalue weighted by atomic mass is 19.4. The van der Waals surface area contributed by atoms with Gasteiger partial charge in [0.05, 0.1) is 0 Å². The molecule has 1 rings (SSSR count). The fourth-order valence-corrected chi connectivity index (χ4v) is 0.846. The normalized spacial score (nSPS) is 11.1. The first-order valence-electron chi connectivity index (χ1n) is 4.78. The van der Waals surface area contributed by atoms with Crippen molar-refractivity contribution in [3.63, 3.8) is 0 Å². The minimum atomic E-state index is -5.08. The minimum absolute atomic E-state index is 0.0354. The van der Waals surface area contributed by atoms with Crippen molar-refractivity contribution in [2.45, 2.75) is 12.5 Å². The predicted molar refractivity (Wildman–Crippen MR) is 55.3 cm³/mol. The van der Waals surface area contributed by atoms with Crippen LogP contribution in [-0.4, -0.2) is 29.5 Å². The highest BCUT2D eigenvalue weighted by molar-refractivity contribution is 5.93. The number of rotatable bonds is 2. The van der Waals surface area contributed by atoms with E-state index in [1.54, 1.807) is 0 Å². The van der Waals surface area contributed by atoms with E-state index in [2.05, 4.69) is 4.74 Å². The highest BCUT2D eigenvalue weighted by Gasteiger charge is 2.38. The standard InChI is InChI=1S/C8H6F3NO2.C2HF3O2/c9-8(10,11)14-6-3-1-2-5(4-6)7(12)13;3-2(4,5)1(6)7/h1-4H,(H2,12,13);(H,6,7). The second-order valence-corrected chi connectivity index (χ2v) is 3.24.